The maximum atomic E-state index is 13.3. The molecule has 0 saturated carbocycles. The van der Waals surface area contributed by atoms with Gasteiger partial charge in [0.25, 0.3) is 0 Å². The Kier molecular flexibility index (Phi) is 10.7. The summed E-state index contributed by atoms with van der Waals surface area (Å²) in [6, 6.07) is 9.31. The van der Waals surface area contributed by atoms with Crippen molar-refractivity contribution in [3.63, 3.8) is 0 Å². The fourth-order valence-corrected chi connectivity index (χ4v) is 5.42. The zero-order valence-electron chi connectivity index (χ0n) is 20.1. The van der Waals surface area contributed by atoms with Crippen molar-refractivity contribution in [2.45, 2.75) is 45.7 Å². The molecule has 1 unspecified atom stereocenters. The Morgan fingerprint density at radius 3 is 2.34 bits per heavy atom. The van der Waals surface area contributed by atoms with E-state index in [0.29, 0.717) is 38.3 Å². The van der Waals surface area contributed by atoms with Crippen LogP contribution in [0.2, 0.25) is 15.1 Å². The number of nitrogens with one attached hydrogen (secondary N) is 1. The van der Waals surface area contributed by atoms with Crippen molar-refractivity contribution >= 4 is 62.3 Å². The number of nitrogens with zero attached hydrogens (tertiary/aromatic N) is 2. The van der Waals surface area contributed by atoms with Gasteiger partial charge in [-0.15, -0.1) is 0 Å². The highest BCUT2D eigenvalue weighted by Crippen LogP contribution is 2.29. The van der Waals surface area contributed by atoms with Crippen LogP contribution in [0.5, 0.6) is 0 Å². The molecule has 192 valence electrons. The molecule has 0 aromatic heterocycles. The Labute approximate surface area is 222 Å². The van der Waals surface area contributed by atoms with Crippen molar-refractivity contribution in [2.24, 2.45) is 0 Å². The molecule has 0 radical (unpaired) electrons. The Balaban J connectivity index is 2.26. The van der Waals surface area contributed by atoms with Gasteiger partial charge in [0.1, 0.15) is 6.04 Å². The summed E-state index contributed by atoms with van der Waals surface area (Å²) < 4.78 is 26.3. The molecule has 0 saturated heterocycles. The van der Waals surface area contributed by atoms with Crippen LogP contribution in [0.4, 0.5) is 5.69 Å². The van der Waals surface area contributed by atoms with Crippen molar-refractivity contribution < 1.29 is 18.0 Å². The smallest absolute Gasteiger partial charge is 0.242 e. The molecule has 2 rings (SSSR count). The third-order valence-corrected chi connectivity index (χ3v) is 7.82. The molecule has 2 aromatic carbocycles. The zero-order chi connectivity index (χ0) is 26.3. The van der Waals surface area contributed by atoms with Crippen LogP contribution < -0.4 is 9.62 Å². The van der Waals surface area contributed by atoms with Gasteiger partial charge in [0.2, 0.25) is 21.8 Å². The second kappa shape index (κ2) is 12.8. The van der Waals surface area contributed by atoms with Gasteiger partial charge in [-0.25, -0.2) is 8.42 Å². The SMILES string of the molecule is CCC(C(=O)NC)N(Cc1ccc(Cl)cc1Cl)C(=O)CCCN(c1cccc(Cl)c1C)S(C)(=O)=O. The molecule has 0 aliphatic rings. The Morgan fingerprint density at radius 1 is 1.09 bits per heavy atom. The van der Waals surface area contributed by atoms with Crippen molar-refractivity contribution in [3.05, 3.63) is 62.6 Å². The molecule has 0 spiro atoms. The molecular formula is C24H30Cl3N3O4S. The van der Waals surface area contributed by atoms with Gasteiger partial charge in [-0.3, -0.25) is 13.9 Å². The number of sulfonamides is 1. The number of hydrogen-bond acceptors (Lipinski definition) is 4. The highest BCUT2D eigenvalue weighted by atomic mass is 35.5. The fraction of sp³-hybridized carbons (Fsp3) is 0.417. The third-order valence-electron chi connectivity index (χ3n) is 5.65. The number of amides is 2. The summed E-state index contributed by atoms with van der Waals surface area (Å²) in [6.07, 6.45) is 1.79. The van der Waals surface area contributed by atoms with Gasteiger partial charge < -0.3 is 10.2 Å². The number of carbonyl (C=O) groups is 2. The van der Waals surface area contributed by atoms with Crippen molar-refractivity contribution in [1.29, 1.82) is 0 Å². The van der Waals surface area contributed by atoms with Crippen LogP contribution in [-0.2, 0) is 26.2 Å². The molecule has 1 atom stereocenters. The lowest BCUT2D eigenvalue weighted by molar-refractivity contribution is -0.141. The average molecular weight is 563 g/mol. The number of carbonyl (C=O) groups excluding carboxylic acids is 2. The lowest BCUT2D eigenvalue weighted by Crippen LogP contribution is -2.48. The first kappa shape index (κ1) is 29.2. The van der Waals surface area contributed by atoms with Gasteiger partial charge >= 0.3 is 0 Å². The summed E-state index contributed by atoms with van der Waals surface area (Å²) in [5.41, 5.74) is 1.75. The summed E-state index contributed by atoms with van der Waals surface area (Å²) in [5.74, 6) is -0.582. The number of likely N-dealkylation sites (N-methyl/N-ethyl adjacent to an activating group) is 1. The van der Waals surface area contributed by atoms with Gasteiger partial charge in [-0.2, -0.15) is 0 Å². The van der Waals surface area contributed by atoms with Crippen LogP contribution in [0.15, 0.2) is 36.4 Å². The normalized spacial score (nSPS) is 12.2. The van der Waals surface area contributed by atoms with Gasteiger partial charge in [0.05, 0.1) is 11.9 Å². The van der Waals surface area contributed by atoms with Gasteiger partial charge in [0.15, 0.2) is 0 Å². The van der Waals surface area contributed by atoms with Crippen LogP contribution >= 0.6 is 34.8 Å². The Hall–Kier alpha value is -2.00. The van der Waals surface area contributed by atoms with Crippen LogP contribution in [0, 0.1) is 6.92 Å². The quantitative estimate of drug-likeness (QED) is 0.415. The molecule has 35 heavy (non-hydrogen) atoms. The second-order valence-corrected chi connectivity index (χ2v) is 11.3. The van der Waals surface area contributed by atoms with Crippen molar-refractivity contribution in [3.8, 4) is 0 Å². The molecule has 0 fully saturated rings. The van der Waals surface area contributed by atoms with E-state index in [0.717, 1.165) is 6.26 Å². The number of rotatable bonds is 11. The molecule has 2 amide bonds. The Bertz CT molecular complexity index is 1170. The van der Waals surface area contributed by atoms with Crippen LogP contribution in [0.25, 0.3) is 0 Å². The first-order valence-electron chi connectivity index (χ1n) is 11.1. The number of hydrogen-bond donors (Lipinski definition) is 1. The van der Waals surface area contributed by atoms with Crippen LogP contribution in [0.1, 0.15) is 37.3 Å². The predicted octanol–water partition coefficient (Wildman–Crippen LogP) is 5.05. The van der Waals surface area contributed by atoms with Crippen molar-refractivity contribution in [2.75, 3.05) is 24.2 Å². The molecule has 1 N–H and O–H groups in total. The van der Waals surface area contributed by atoms with E-state index in [1.54, 1.807) is 43.3 Å². The lowest BCUT2D eigenvalue weighted by Gasteiger charge is -2.31. The maximum absolute atomic E-state index is 13.3. The molecule has 11 heteroatoms. The molecule has 0 bridgehead atoms. The molecule has 0 aliphatic heterocycles. The van der Waals surface area contributed by atoms with Crippen molar-refractivity contribution in [1.82, 2.24) is 10.2 Å². The van der Waals surface area contributed by atoms with E-state index in [2.05, 4.69) is 5.32 Å². The first-order valence-corrected chi connectivity index (χ1v) is 14.1. The lowest BCUT2D eigenvalue weighted by atomic mass is 10.1. The van der Waals surface area contributed by atoms with E-state index in [-0.39, 0.29) is 37.7 Å². The number of halogens is 3. The van der Waals surface area contributed by atoms with E-state index in [9.17, 15) is 18.0 Å². The molecule has 2 aromatic rings. The number of benzene rings is 2. The summed E-state index contributed by atoms with van der Waals surface area (Å²) in [6.45, 7) is 3.76. The minimum absolute atomic E-state index is 0.0321. The van der Waals surface area contributed by atoms with Crippen LogP contribution in [-0.4, -0.2) is 51.0 Å². The minimum Gasteiger partial charge on any atom is -0.357 e. The van der Waals surface area contributed by atoms with E-state index in [1.165, 1.54) is 16.3 Å². The molecular weight excluding hydrogens is 533 g/mol. The van der Waals surface area contributed by atoms with Gasteiger partial charge in [-0.1, -0.05) is 53.9 Å². The highest BCUT2D eigenvalue weighted by molar-refractivity contribution is 7.92. The highest BCUT2D eigenvalue weighted by Gasteiger charge is 2.29. The summed E-state index contributed by atoms with van der Waals surface area (Å²) >= 11 is 18.5. The topological polar surface area (TPSA) is 86.8 Å². The van der Waals surface area contributed by atoms with E-state index in [1.807, 2.05) is 6.92 Å². The van der Waals surface area contributed by atoms with Gasteiger partial charge in [-0.05, 0) is 55.2 Å². The molecule has 0 heterocycles. The Morgan fingerprint density at radius 2 is 1.77 bits per heavy atom. The molecule has 0 aliphatic carbocycles. The summed E-state index contributed by atoms with van der Waals surface area (Å²) in [5, 5.41) is 3.91. The summed E-state index contributed by atoms with van der Waals surface area (Å²) in [4.78, 5) is 27.3. The van der Waals surface area contributed by atoms with E-state index >= 15 is 0 Å². The predicted molar refractivity (Wildman–Crippen MR) is 143 cm³/mol. The second-order valence-electron chi connectivity index (χ2n) is 8.12. The standard InChI is InChI=1S/C24H30Cl3N3O4S/c1-5-21(24(32)28-3)29(15-17-11-12-18(25)14-20(17)27)23(31)10-7-13-30(35(4,33)34)22-9-6-8-19(26)16(22)2/h6,8-9,11-12,14,21H,5,7,10,13,15H2,1-4H3,(H,28,32). The third kappa shape index (κ3) is 7.74. The minimum atomic E-state index is -3.62. The largest absolute Gasteiger partial charge is 0.357 e. The fourth-order valence-electron chi connectivity index (χ4n) is 3.77. The average Bonchev–Trinajstić information content (AvgIpc) is 2.79. The van der Waals surface area contributed by atoms with E-state index in [4.69, 9.17) is 34.8 Å². The number of anilines is 1. The van der Waals surface area contributed by atoms with Crippen LogP contribution in [0.3, 0.4) is 0 Å². The monoisotopic (exact) mass is 561 g/mol. The van der Waals surface area contributed by atoms with Gasteiger partial charge in [0, 0.05) is 41.6 Å². The first-order chi connectivity index (χ1) is 16.4. The summed E-state index contributed by atoms with van der Waals surface area (Å²) in [7, 11) is -2.10. The molecule has 7 nitrogen and oxygen atoms in total. The maximum Gasteiger partial charge on any atom is 0.242 e. The zero-order valence-corrected chi connectivity index (χ0v) is 23.2. The van der Waals surface area contributed by atoms with E-state index < -0.39 is 16.1 Å².